The molecule has 1 aromatic carbocycles. The zero-order valence-corrected chi connectivity index (χ0v) is 11.4. The molecule has 3 N–H and O–H groups in total. The van der Waals surface area contributed by atoms with Crippen molar-refractivity contribution in [3.63, 3.8) is 0 Å². The highest BCUT2D eigenvalue weighted by Crippen LogP contribution is 2.35. The Labute approximate surface area is 113 Å². The quantitative estimate of drug-likeness (QED) is 0.815. The molecule has 1 atom stereocenters. The lowest BCUT2D eigenvalue weighted by molar-refractivity contribution is -0.141. The molecule has 5 nitrogen and oxygen atoms in total. The smallest absolute Gasteiger partial charge is 0.308 e. The molecular formula is C12H13BrN2O3. The maximum Gasteiger partial charge on any atom is 0.308 e. The average Bonchev–Trinajstić information content (AvgIpc) is 2.59. The van der Waals surface area contributed by atoms with Gasteiger partial charge in [-0.1, -0.05) is 15.9 Å². The number of carboxylic acid groups (broad SMARTS) is 1. The van der Waals surface area contributed by atoms with Crippen molar-refractivity contribution in [2.75, 3.05) is 17.2 Å². The molecule has 96 valence electrons. The van der Waals surface area contributed by atoms with Crippen LogP contribution in [0.3, 0.4) is 0 Å². The summed E-state index contributed by atoms with van der Waals surface area (Å²) in [5.41, 5.74) is 7.85. The first-order valence-electron chi connectivity index (χ1n) is 5.49. The Kier molecular flexibility index (Phi) is 3.30. The van der Waals surface area contributed by atoms with Gasteiger partial charge in [-0.3, -0.25) is 9.59 Å². The molecule has 0 aromatic heterocycles. The van der Waals surface area contributed by atoms with Gasteiger partial charge in [0.15, 0.2) is 0 Å². The van der Waals surface area contributed by atoms with Gasteiger partial charge in [0.2, 0.25) is 5.91 Å². The zero-order valence-electron chi connectivity index (χ0n) is 9.81. The van der Waals surface area contributed by atoms with Crippen LogP contribution in [0.15, 0.2) is 16.6 Å². The predicted molar refractivity (Wildman–Crippen MR) is 71.4 cm³/mol. The standard InChI is InChI=1S/C12H13BrN2O3/c1-6-2-8(13)4-9(14)11(6)15-5-7(12(17)18)3-10(15)16/h2,4,7H,3,5,14H2,1H3,(H,17,18). The molecule has 1 heterocycles. The van der Waals surface area contributed by atoms with E-state index in [2.05, 4.69) is 15.9 Å². The van der Waals surface area contributed by atoms with Crippen molar-refractivity contribution >= 4 is 39.2 Å². The van der Waals surface area contributed by atoms with Crippen molar-refractivity contribution in [1.29, 1.82) is 0 Å². The van der Waals surface area contributed by atoms with Gasteiger partial charge in [0.1, 0.15) is 0 Å². The zero-order chi connectivity index (χ0) is 13.4. The van der Waals surface area contributed by atoms with Crippen LogP contribution in [0, 0.1) is 12.8 Å². The molecule has 0 bridgehead atoms. The van der Waals surface area contributed by atoms with Crippen LogP contribution in [-0.2, 0) is 9.59 Å². The normalized spacial score (nSPS) is 19.3. The molecular weight excluding hydrogens is 300 g/mol. The third kappa shape index (κ3) is 2.20. The van der Waals surface area contributed by atoms with Gasteiger partial charge in [-0.2, -0.15) is 0 Å². The number of anilines is 2. The summed E-state index contributed by atoms with van der Waals surface area (Å²) in [4.78, 5) is 24.3. The number of aryl methyl sites for hydroxylation is 1. The lowest BCUT2D eigenvalue weighted by atomic mass is 10.1. The lowest BCUT2D eigenvalue weighted by Gasteiger charge is -2.21. The van der Waals surface area contributed by atoms with Crippen LogP contribution in [0.4, 0.5) is 11.4 Å². The number of halogens is 1. The summed E-state index contributed by atoms with van der Waals surface area (Å²) in [6, 6.07) is 3.57. The molecule has 0 spiro atoms. The highest BCUT2D eigenvalue weighted by Gasteiger charge is 2.36. The first-order valence-corrected chi connectivity index (χ1v) is 6.28. The summed E-state index contributed by atoms with van der Waals surface area (Å²) >= 11 is 3.33. The third-order valence-electron chi connectivity index (χ3n) is 3.04. The summed E-state index contributed by atoms with van der Waals surface area (Å²) in [5.74, 6) is -1.79. The minimum Gasteiger partial charge on any atom is -0.481 e. The highest BCUT2D eigenvalue weighted by molar-refractivity contribution is 9.10. The Bertz CT molecular complexity index is 507. The molecule has 0 saturated carbocycles. The number of carbonyl (C=O) groups is 2. The second-order valence-electron chi connectivity index (χ2n) is 4.40. The van der Waals surface area contributed by atoms with Crippen molar-refractivity contribution in [2.45, 2.75) is 13.3 Å². The average molecular weight is 313 g/mol. The van der Waals surface area contributed by atoms with Crippen LogP contribution in [0.1, 0.15) is 12.0 Å². The second-order valence-corrected chi connectivity index (χ2v) is 5.32. The Hall–Kier alpha value is -1.56. The summed E-state index contributed by atoms with van der Waals surface area (Å²) in [6.07, 6.45) is 0.0320. The van der Waals surface area contributed by atoms with E-state index in [0.29, 0.717) is 11.4 Å². The molecule has 0 radical (unpaired) electrons. The van der Waals surface area contributed by atoms with Crippen molar-refractivity contribution in [1.82, 2.24) is 0 Å². The number of nitrogens with two attached hydrogens (primary N) is 1. The molecule has 1 fully saturated rings. The second kappa shape index (κ2) is 4.61. The summed E-state index contributed by atoms with van der Waals surface area (Å²) < 4.78 is 0.836. The number of benzene rings is 1. The molecule has 0 aliphatic carbocycles. The number of amides is 1. The fourth-order valence-electron chi connectivity index (χ4n) is 2.22. The minimum absolute atomic E-state index is 0.0320. The molecule has 1 aliphatic heterocycles. The molecule has 1 aromatic rings. The van der Waals surface area contributed by atoms with Crippen molar-refractivity contribution in [3.8, 4) is 0 Å². The van der Waals surface area contributed by atoms with Gasteiger partial charge < -0.3 is 15.7 Å². The molecule has 1 unspecified atom stereocenters. The maximum absolute atomic E-state index is 11.9. The topological polar surface area (TPSA) is 83.6 Å². The third-order valence-corrected chi connectivity index (χ3v) is 3.50. The van der Waals surface area contributed by atoms with Crippen molar-refractivity contribution in [2.24, 2.45) is 5.92 Å². The number of nitrogens with zero attached hydrogens (tertiary/aromatic N) is 1. The number of carbonyl (C=O) groups excluding carboxylic acids is 1. The number of carboxylic acids is 1. The number of nitrogen functional groups attached to an aromatic ring is 1. The first kappa shape index (κ1) is 12.9. The van der Waals surface area contributed by atoms with E-state index in [-0.39, 0.29) is 18.9 Å². The largest absolute Gasteiger partial charge is 0.481 e. The Morgan fingerprint density at radius 1 is 1.56 bits per heavy atom. The molecule has 2 rings (SSSR count). The Morgan fingerprint density at radius 2 is 2.22 bits per heavy atom. The lowest BCUT2D eigenvalue weighted by Crippen LogP contribution is -2.27. The summed E-state index contributed by atoms with van der Waals surface area (Å²) in [6.45, 7) is 2.03. The van der Waals surface area contributed by atoms with Gasteiger partial charge in [-0.05, 0) is 24.6 Å². The highest BCUT2D eigenvalue weighted by atomic mass is 79.9. The fourth-order valence-corrected chi connectivity index (χ4v) is 2.81. The molecule has 18 heavy (non-hydrogen) atoms. The van der Waals surface area contributed by atoms with Crippen LogP contribution >= 0.6 is 15.9 Å². The molecule has 6 heteroatoms. The molecule has 1 amide bonds. The monoisotopic (exact) mass is 312 g/mol. The van der Waals surface area contributed by atoms with Gasteiger partial charge in [0.05, 0.1) is 17.3 Å². The maximum atomic E-state index is 11.9. The Balaban J connectivity index is 2.39. The van der Waals surface area contributed by atoms with Gasteiger partial charge in [0.25, 0.3) is 0 Å². The number of aliphatic carboxylic acids is 1. The van der Waals surface area contributed by atoms with Gasteiger partial charge >= 0.3 is 5.97 Å². The summed E-state index contributed by atoms with van der Waals surface area (Å²) in [7, 11) is 0. The van der Waals surface area contributed by atoms with E-state index < -0.39 is 11.9 Å². The molecule has 1 aliphatic rings. The van der Waals surface area contributed by atoms with E-state index in [9.17, 15) is 9.59 Å². The van der Waals surface area contributed by atoms with E-state index in [0.717, 1.165) is 10.0 Å². The first-order chi connectivity index (χ1) is 8.40. The molecule has 1 saturated heterocycles. The van der Waals surface area contributed by atoms with E-state index in [4.69, 9.17) is 10.8 Å². The van der Waals surface area contributed by atoms with E-state index >= 15 is 0 Å². The van der Waals surface area contributed by atoms with Gasteiger partial charge in [-0.15, -0.1) is 0 Å². The van der Waals surface area contributed by atoms with Crippen LogP contribution in [0.25, 0.3) is 0 Å². The SMILES string of the molecule is Cc1cc(Br)cc(N)c1N1CC(C(=O)O)CC1=O. The van der Waals surface area contributed by atoms with Crippen LogP contribution < -0.4 is 10.6 Å². The van der Waals surface area contributed by atoms with E-state index in [1.807, 2.05) is 13.0 Å². The van der Waals surface area contributed by atoms with E-state index in [1.165, 1.54) is 4.90 Å². The number of hydrogen-bond acceptors (Lipinski definition) is 3. The van der Waals surface area contributed by atoms with Crippen molar-refractivity contribution in [3.05, 3.63) is 22.2 Å². The van der Waals surface area contributed by atoms with Gasteiger partial charge in [-0.25, -0.2) is 0 Å². The minimum atomic E-state index is -0.945. The number of hydrogen-bond donors (Lipinski definition) is 2. The van der Waals surface area contributed by atoms with Crippen LogP contribution in [-0.4, -0.2) is 23.5 Å². The Morgan fingerprint density at radius 3 is 2.72 bits per heavy atom. The van der Waals surface area contributed by atoms with Gasteiger partial charge in [0, 0.05) is 17.4 Å². The summed E-state index contributed by atoms with van der Waals surface area (Å²) in [5, 5.41) is 8.96. The van der Waals surface area contributed by atoms with Crippen molar-refractivity contribution < 1.29 is 14.7 Å². The van der Waals surface area contributed by atoms with E-state index in [1.54, 1.807) is 6.07 Å². The van der Waals surface area contributed by atoms with Crippen LogP contribution in [0.5, 0.6) is 0 Å². The number of rotatable bonds is 2. The predicted octanol–water partition coefficient (Wildman–Crippen LogP) is 1.78. The van der Waals surface area contributed by atoms with Crippen LogP contribution in [0.2, 0.25) is 0 Å². The fraction of sp³-hybridized carbons (Fsp3) is 0.333.